The predicted molar refractivity (Wildman–Crippen MR) is 66.2 cm³/mol. The molecule has 0 spiro atoms. The lowest BCUT2D eigenvalue weighted by Crippen LogP contribution is -2.06. The molecule has 104 valence electrons. The van der Waals surface area contributed by atoms with E-state index in [1.54, 1.807) is 13.0 Å². The van der Waals surface area contributed by atoms with Crippen LogP contribution in [0.4, 0.5) is 5.82 Å². The van der Waals surface area contributed by atoms with Gasteiger partial charge in [-0.3, -0.25) is 0 Å². The number of aromatic nitrogens is 3. The van der Waals surface area contributed by atoms with Gasteiger partial charge in [0, 0.05) is 5.92 Å². The van der Waals surface area contributed by atoms with Crippen molar-refractivity contribution in [2.75, 3.05) is 0 Å². The summed E-state index contributed by atoms with van der Waals surface area (Å²) >= 11 is 0. The van der Waals surface area contributed by atoms with Crippen LogP contribution in [-0.2, 0) is 0 Å². The van der Waals surface area contributed by atoms with Crippen molar-refractivity contribution >= 4 is 5.82 Å². The zero-order valence-electron chi connectivity index (χ0n) is 10.7. The van der Waals surface area contributed by atoms with Crippen LogP contribution in [-0.4, -0.2) is 20.0 Å². The summed E-state index contributed by atoms with van der Waals surface area (Å²) in [4.78, 5) is 18.2. The molecule has 0 aromatic carbocycles. The molecule has 1 fully saturated rings. The second-order valence-corrected chi connectivity index (χ2v) is 4.61. The van der Waals surface area contributed by atoms with E-state index in [4.69, 9.17) is 9.26 Å². The van der Waals surface area contributed by atoms with E-state index in [1.165, 1.54) is 12.3 Å². The highest BCUT2D eigenvalue weighted by Crippen LogP contribution is 2.38. The molecule has 1 aliphatic rings. The molecule has 20 heavy (non-hydrogen) atoms. The molecule has 3 rings (SSSR count). The Morgan fingerprint density at radius 1 is 1.55 bits per heavy atom. The summed E-state index contributed by atoms with van der Waals surface area (Å²) in [5.74, 6) is 1.12. The second kappa shape index (κ2) is 4.87. The van der Waals surface area contributed by atoms with Crippen LogP contribution in [0.25, 0.3) is 0 Å². The molecule has 0 aliphatic heterocycles. The molecular formula is C12H12N4O4. The van der Waals surface area contributed by atoms with Gasteiger partial charge in [-0.15, -0.1) is 0 Å². The van der Waals surface area contributed by atoms with Crippen LogP contribution >= 0.6 is 0 Å². The van der Waals surface area contributed by atoms with Gasteiger partial charge in [-0.25, -0.2) is 0 Å². The molecule has 8 heteroatoms. The van der Waals surface area contributed by atoms with E-state index in [-0.39, 0.29) is 11.6 Å². The summed E-state index contributed by atoms with van der Waals surface area (Å²) in [6.45, 7) is 1.70. The highest BCUT2D eigenvalue weighted by Gasteiger charge is 2.30. The van der Waals surface area contributed by atoms with Crippen LogP contribution in [0.3, 0.4) is 0 Å². The lowest BCUT2D eigenvalue weighted by molar-refractivity contribution is -0.390. The minimum atomic E-state index is -0.592. The normalized spacial score (nSPS) is 15.8. The second-order valence-electron chi connectivity index (χ2n) is 4.61. The van der Waals surface area contributed by atoms with E-state index in [1.807, 2.05) is 0 Å². The SMILES string of the molecule is CC(Oc1cccnc1[N+](=O)[O-])c1nc(C2CC2)no1. The molecular weight excluding hydrogens is 264 g/mol. The number of hydrogen-bond donors (Lipinski definition) is 0. The third-order valence-corrected chi connectivity index (χ3v) is 2.98. The minimum Gasteiger partial charge on any atom is -0.473 e. The average molecular weight is 276 g/mol. The zero-order chi connectivity index (χ0) is 14.1. The Hall–Kier alpha value is -2.51. The largest absolute Gasteiger partial charge is 0.473 e. The highest BCUT2D eigenvalue weighted by molar-refractivity contribution is 5.38. The minimum absolute atomic E-state index is 0.0798. The number of nitro groups is 1. The van der Waals surface area contributed by atoms with Crippen LogP contribution in [0.15, 0.2) is 22.9 Å². The predicted octanol–water partition coefficient (Wildman–Crippen LogP) is 2.39. The number of hydrogen-bond acceptors (Lipinski definition) is 7. The van der Waals surface area contributed by atoms with Crippen molar-refractivity contribution in [2.45, 2.75) is 31.8 Å². The van der Waals surface area contributed by atoms with Gasteiger partial charge in [0.2, 0.25) is 5.75 Å². The number of rotatable bonds is 5. The average Bonchev–Trinajstić information content (AvgIpc) is 3.16. The standard InChI is InChI=1S/C12H12N4O4/c1-7(12-14-10(15-20-12)8-4-5-8)19-9-3-2-6-13-11(9)16(17)18/h2-3,6-8H,4-5H2,1H3. The van der Waals surface area contributed by atoms with Crippen LogP contribution in [0.1, 0.15) is 43.5 Å². The van der Waals surface area contributed by atoms with Gasteiger partial charge in [-0.1, -0.05) is 5.16 Å². The van der Waals surface area contributed by atoms with Crippen molar-refractivity contribution in [1.82, 2.24) is 15.1 Å². The lowest BCUT2D eigenvalue weighted by atomic mass is 10.3. The fourth-order valence-electron chi connectivity index (χ4n) is 1.77. The van der Waals surface area contributed by atoms with Gasteiger partial charge in [0.25, 0.3) is 5.89 Å². The summed E-state index contributed by atoms with van der Waals surface area (Å²) in [6.07, 6.45) is 2.91. The highest BCUT2D eigenvalue weighted by atomic mass is 16.6. The molecule has 0 bridgehead atoms. The van der Waals surface area contributed by atoms with Gasteiger partial charge in [-0.2, -0.15) is 4.98 Å². The summed E-state index contributed by atoms with van der Waals surface area (Å²) in [5.41, 5.74) is 0. The first-order chi connectivity index (χ1) is 9.65. The monoisotopic (exact) mass is 276 g/mol. The van der Waals surface area contributed by atoms with Crippen LogP contribution in [0, 0.1) is 10.1 Å². The maximum Gasteiger partial charge on any atom is 0.406 e. The molecule has 1 saturated carbocycles. The van der Waals surface area contributed by atoms with Crippen LogP contribution in [0.2, 0.25) is 0 Å². The van der Waals surface area contributed by atoms with Crippen molar-refractivity contribution < 1.29 is 14.2 Å². The molecule has 0 radical (unpaired) electrons. The topological polar surface area (TPSA) is 104 Å². The summed E-state index contributed by atoms with van der Waals surface area (Å²) in [6, 6.07) is 3.05. The Kier molecular flexibility index (Phi) is 3.05. The number of pyridine rings is 1. The van der Waals surface area contributed by atoms with Gasteiger partial charge in [-0.05, 0) is 41.8 Å². The Bertz CT molecular complexity index is 638. The third-order valence-electron chi connectivity index (χ3n) is 2.98. The molecule has 2 heterocycles. The molecule has 8 nitrogen and oxygen atoms in total. The van der Waals surface area contributed by atoms with Crippen LogP contribution < -0.4 is 4.74 Å². The molecule has 0 amide bonds. The van der Waals surface area contributed by atoms with E-state index < -0.39 is 11.0 Å². The summed E-state index contributed by atoms with van der Waals surface area (Å²) in [5, 5.41) is 14.7. The first-order valence-corrected chi connectivity index (χ1v) is 6.24. The number of nitrogens with zero attached hydrogens (tertiary/aromatic N) is 4. The van der Waals surface area contributed by atoms with Crippen molar-refractivity contribution in [3.63, 3.8) is 0 Å². The quantitative estimate of drug-likeness (QED) is 0.609. The van der Waals surface area contributed by atoms with Gasteiger partial charge in [0.15, 0.2) is 11.9 Å². The van der Waals surface area contributed by atoms with E-state index in [9.17, 15) is 10.1 Å². The molecule has 1 aliphatic carbocycles. The summed E-state index contributed by atoms with van der Waals surface area (Å²) < 4.78 is 10.6. The zero-order valence-corrected chi connectivity index (χ0v) is 10.7. The number of ether oxygens (including phenoxy) is 1. The molecule has 0 saturated heterocycles. The first-order valence-electron chi connectivity index (χ1n) is 6.24. The van der Waals surface area contributed by atoms with Gasteiger partial charge >= 0.3 is 5.82 Å². The smallest absolute Gasteiger partial charge is 0.406 e. The first kappa shape index (κ1) is 12.5. The Balaban J connectivity index is 1.77. The van der Waals surface area contributed by atoms with Crippen molar-refractivity contribution in [1.29, 1.82) is 0 Å². The molecule has 1 atom stereocenters. The third kappa shape index (κ3) is 2.44. The van der Waals surface area contributed by atoms with Gasteiger partial charge < -0.3 is 19.4 Å². The van der Waals surface area contributed by atoms with Crippen molar-refractivity contribution in [3.8, 4) is 5.75 Å². The fraction of sp³-hybridized carbons (Fsp3) is 0.417. The summed E-state index contributed by atoms with van der Waals surface area (Å²) in [7, 11) is 0. The van der Waals surface area contributed by atoms with Gasteiger partial charge in [0.05, 0.1) is 0 Å². The van der Waals surface area contributed by atoms with E-state index in [0.29, 0.717) is 17.6 Å². The maximum absolute atomic E-state index is 10.9. The molecule has 1 unspecified atom stereocenters. The molecule has 2 aromatic rings. The van der Waals surface area contributed by atoms with E-state index in [2.05, 4.69) is 15.1 Å². The van der Waals surface area contributed by atoms with E-state index in [0.717, 1.165) is 12.8 Å². The Morgan fingerprint density at radius 2 is 2.35 bits per heavy atom. The fourth-order valence-corrected chi connectivity index (χ4v) is 1.77. The van der Waals surface area contributed by atoms with Crippen molar-refractivity contribution in [3.05, 3.63) is 40.2 Å². The lowest BCUT2D eigenvalue weighted by Gasteiger charge is -2.09. The Labute approximate surface area is 113 Å². The van der Waals surface area contributed by atoms with Crippen molar-refractivity contribution in [2.24, 2.45) is 0 Å². The molecule has 2 aromatic heterocycles. The maximum atomic E-state index is 10.9. The van der Waals surface area contributed by atoms with Crippen LogP contribution in [0.5, 0.6) is 5.75 Å². The molecule has 0 N–H and O–H groups in total. The Morgan fingerprint density at radius 3 is 3.05 bits per heavy atom. The van der Waals surface area contributed by atoms with E-state index >= 15 is 0 Å². The van der Waals surface area contributed by atoms with Gasteiger partial charge in [0.1, 0.15) is 6.20 Å².